The summed E-state index contributed by atoms with van der Waals surface area (Å²) in [5, 5.41) is 0. The fraction of sp³-hybridized carbons (Fsp3) is 0.143. The van der Waals surface area contributed by atoms with E-state index in [0.29, 0.717) is 6.61 Å². The summed E-state index contributed by atoms with van der Waals surface area (Å²) >= 11 is 8.38. The average molecular weight is 355 g/mol. The third-order valence-electron chi connectivity index (χ3n) is 3.67. The van der Waals surface area contributed by atoms with Gasteiger partial charge in [0.2, 0.25) is 0 Å². The molecule has 3 rings (SSSR count). The van der Waals surface area contributed by atoms with Gasteiger partial charge in [-0.15, -0.1) is 11.6 Å². The largest absolute Gasteiger partial charge is 0.489 e. The van der Waals surface area contributed by atoms with E-state index < -0.39 is 4.21 Å². The van der Waals surface area contributed by atoms with Gasteiger partial charge in [-0.05, 0) is 42.3 Å². The second-order valence-corrected chi connectivity index (χ2v) is 8.10. The third-order valence-corrected chi connectivity index (χ3v) is 5.25. The number of ether oxygens (including phenoxy) is 1. The number of alkyl halides is 1. The Hall–Kier alpha value is -1.90. The molecule has 0 aliphatic carbocycles. The van der Waals surface area contributed by atoms with Crippen molar-refractivity contribution in [3.8, 4) is 5.75 Å². The quantitative estimate of drug-likeness (QED) is 0.370. The predicted octanol–water partition coefficient (Wildman–Crippen LogP) is 6.47. The van der Waals surface area contributed by atoms with Gasteiger partial charge in [0, 0.05) is 4.90 Å². The second kappa shape index (κ2) is 7.78. The molecule has 0 saturated carbocycles. The van der Waals surface area contributed by atoms with Crippen LogP contribution in [0.2, 0.25) is 0 Å². The molecule has 0 saturated heterocycles. The number of hydrogen-bond donors (Lipinski definition) is 0. The van der Waals surface area contributed by atoms with Crippen LogP contribution in [-0.2, 0) is 10.8 Å². The summed E-state index contributed by atoms with van der Waals surface area (Å²) in [6.45, 7) is 2.59. The summed E-state index contributed by atoms with van der Waals surface area (Å²) < 4.78 is 5.31. The molecular weight excluding hydrogens is 336 g/mol. The zero-order valence-corrected chi connectivity index (χ0v) is 15.1. The van der Waals surface area contributed by atoms with Gasteiger partial charge in [-0.25, -0.2) is 0 Å². The van der Waals surface area contributed by atoms with Crippen LogP contribution in [0.25, 0.3) is 0 Å². The Morgan fingerprint density at radius 3 is 2.04 bits per heavy atom. The summed E-state index contributed by atoms with van der Waals surface area (Å²) in [7, 11) is 0. The molecule has 0 fully saturated rings. The summed E-state index contributed by atoms with van der Waals surface area (Å²) in [6.07, 6.45) is 0. The van der Waals surface area contributed by atoms with Gasteiger partial charge in [0.15, 0.2) is 0 Å². The molecule has 0 N–H and O–H groups in total. The molecule has 122 valence electrons. The highest BCUT2D eigenvalue weighted by molar-refractivity contribution is 8.01. The van der Waals surface area contributed by atoms with Crippen molar-refractivity contribution < 1.29 is 4.74 Å². The van der Waals surface area contributed by atoms with Crippen molar-refractivity contribution in [2.75, 3.05) is 0 Å². The zero-order chi connectivity index (χ0) is 16.8. The number of rotatable bonds is 6. The van der Waals surface area contributed by atoms with Crippen molar-refractivity contribution in [2.24, 2.45) is 0 Å². The molecule has 0 bridgehead atoms. The van der Waals surface area contributed by atoms with Gasteiger partial charge in [0.05, 0.1) is 0 Å². The third kappa shape index (κ3) is 4.56. The van der Waals surface area contributed by atoms with Crippen molar-refractivity contribution >= 4 is 23.4 Å². The fourth-order valence-corrected chi connectivity index (χ4v) is 3.74. The highest BCUT2D eigenvalue weighted by Gasteiger charge is 2.24. The maximum Gasteiger partial charge on any atom is 0.119 e. The van der Waals surface area contributed by atoms with Crippen molar-refractivity contribution in [3.63, 3.8) is 0 Å². The molecule has 0 heterocycles. The second-order valence-electron chi connectivity index (χ2n) is 5.63. The maximum atomic E-state index is 6.74. The molecule has 1 unspecified atom stereocenters. The molecule has 24 heavy (non-hydrogen) atoms. The maximum absolute atomic E-state index is 6.74. The Labute approximate surface area is 152 Å². The van der Waals surface area contributed by atoms with Gasteiger partial charge in [-0.1, -0.05) is 72.4 Å². The van der Waals surface area contributed by atoms with E-state index in [2.05, 4.69) is 24.3 Å². The van der Waals surface area contributed by atoms with E-state index in [9.17, 15) is 0 Å². The minimum Gasteiger partial charge on any atom is -0.489 e. The van der Waals surface area contributed by atoms with Crippen LogP contribution >= 0.6 is 23.4 Å². The Morgan fingerprint density at radius 1 is 0.833 bits per heavy atom. The van der Waals surface area contributed by atoms with Crippen LogP contribution < -0.4 is 4.74 Å². The highest BCUT2D eigenvalue weighted by Crippen LogP contribution is 2.44. The molecule has 1 atom stereocenters. The molecule has 0 aliphatic rings. The van der Waals surface area contributed by atoms with Crippen LogP contribution in [0.3, 0.4) is 0 Å². The number of halogens is 1. The number of thioether (sulfide) groups is 1. The monoisotopic (exact) mass is 354 g/mol. The fourth-order valence-electron chi connectivity index (χ4n) is 2.36. The number of hydrogen-bond acceptors (Lipinski definition) is 2. The lowest BCUT2D eigenvalue weighted by Crippen LogP contribution is -2.08. The molecule has 3 heteroatoms. The molecule has 0 spiro atoms. The van der Waals surface area contributed by atoms with Crippen molar-refractivity contribution in [1.29, 1.82) is 0 Å². The zero-order valence-electron chi connectivity index (χ0n) is 13.5. The molecule has 0 aromatic heterocycles. The van der Waals surface area contributed by atoms with E-state index in [0.717, 1.165) is 21.8 Å². The van der Waals surface area contributed by atoms with E-state index in [1.807, 2.05) is 67.6 Å². The van der Waals surface area contributed by atoms with Crippen LogP contribution in [0.5, 0.6) is 5.75 Å². The van der Waals surface area contributed by atoms with E-state index >= 15 is 0 Å². The van der Waals surface area contributed by atoms with E-state index in [1.165, 1.54) is 0 Å². The molecule has 3 aromatic rings. The molecular formula is C21H19ClOS. The molecule has 3 aromatic carbocycles. The summed E-state index contributed by atoms with van der Waals surface area (Å²) in [4.78, 5) is 1.15. The highest BCUT2D eigenvalue weighted by atomic mass is 35.5. The Kier molecular flexibility index (Phi) is 5.49. The van der Waals surface area contributed by atoms with Gasteiger partial charge < -0.3 is 4.74 Å². The molecule has 1 nitrogen and oxygen atoms in total. The smallest absolute Gasteiger partial charge is 0.119 e. The Morgan fingerprint density at radius 2 is 1.42 bits per heavy atom. The van der Waals surface area contributed by atoms with E-state index in [-0.39, 0.29) is 0 Å². The topological polar surface area (TPSA) is 9.23 Å². The lowest BCUT2D eigenvalue weighted by molar-refractivity contribution is 0.306. The lowest BCUT2D eigenvalue weighted by atomic mass is 10.1. The van der Waals surface area contributed by atoms with Crippen LogP contribution in [0.15, 0.2) is 89.8 Å². The molecule has 0 radical (unpaired) electrons. The minimum atomic E-state index is -0.515. The summed E-state index contributed by atoms with van der Waals surface area (Å²) in [5.41, 5.74) is 2.22. The Bertz CT molecular complexity index is 755. The van der Waals surface area contributed by atoms with Crippen molar-refractivity contribution in [1.82, 2.24) is 0 Å². The van der Waals surface area contributed by atoms with Crippen LogP contribution in [0, 0.1) is 0 Å². The van der Waals surface area contributed by atoms with Gasteiger partial charge in [0.25, 0.3) is 0 Å². The number of benzene rings is 3. The standard InChI is InChI=1S/C21H19ClOS/c1-21(22,24-20-10-6-3-7-11-20)18-12-14-19(15-13-18)23-16-17-8-4-2-5-9-17/h2-15H,16H2,1H3. The van der Waals surface area contributed by atoms with Crippen LogP contribution in [0.4, 0.5) is 0 Å². The first-order valence-corrected chi connectivity index (χ1v) is 9.03. The van der Waals surface area contributed by atoms with Gasteiger partial charge >= 0.3 is 0 Å². The lowest BCUT2D eigenvalue weighted by Gasteiger charge is -2.22. The van der Waals surface area contributed by atoms with Crippen molar-refractivity contribution in [2.45, 2.75) is 22.6 Å². The minimum absolute atomic E-state index is 0.515. The summed E-state index contributed by atoms with van der Waals surface area (Å²) in [6, 6.07) is 28.4. The SMILES string of the molecule is CC(Cl)(Sc1ccccc1)c1ccc(OCc2ccccc2)cc1. The normalized spacial score (nSPS) is 13.2. The first kappa shape index (κ1) is 16.9. The average Bonchev–Trinajstić information content (AvgIpc) is 2.62. The first-order valence-electron chi connectivity index (χ1n) is 7.84. The van der Waals surface area contributed by atoms with Gasteiger partial charge in [-0.3, -0.25) is 0 Å². The van der Waals surface area contributed by atoms with Gasteiger partial charge in [0.1, 0.15) is 16.6 Å². The van der Waals surface area contributed by atoms with Crippen LogP contribution in [-0.4, -0.2) is 0 Å². The predicted molar refractivity (Wildman–Crippen MR) is 103 cm³/mol. The summed E-state index contributed by atoms with van der Waals surface area (Å²) in [5.74, 6) is 0.847. The van der Waals surface area contributed by atoms with E-state index in [1.54, 1.807) is 11.8 Å². The van der Waals surface area contributed by atoms with Crippen LogP contribution in [0.1, 0.15) is 18.1 Å². The first-order chi connectivity index (χ1) is 11.6. The molecule has 0 amide bonds. The Balaban J connectivity index is 1.65. The molecule has 0 aliphatic heterocycles. The van der Waals surface area contributed by atoms with Crippen molar-refractivity contribution in [3.05, 3.63) is 96.1 Å². The van der Waals surface area contributed by atoms with E-state index in [4.69, 9.17) is 16.3 Å². The van der Waals surface area contributed by atoms with Gasteiger partial charge in [-0.2, -0.15) is 0 Å².